The fourth-order valence-corrected chi connectivity index (χ4v) is 6.09. The second-order valence-electron chi connectivity index (χ2n) is 11.2. The molecule has 0 radical (unpaired) electrons. The van der Waals surface area contributed by atoms with E-state index in [9.17, 15) is 14.8 Å². The van der Waals surface area contributed by atoms with Crippen molar-refractivity contribution in [3.8, 4) is 17.4 Å². The number of carbonyl (C=O) groups is 1. The Bertz CT molecular complexity index is 1980. The molecule has 0 bridgehead atoms. The summed E-state index contributed by atoms with van der Waals surface area (Å²) >= 11 is 0. The van der Waals surface area contributed by atoms with Crippen LogP contribution in [0.15, 0.2) is 77.8 Å². The van der Waals surface area contributed by atoms with E-state index in [-0.39, 0.29) is 47.7 Å². The largest absolute Gasteiger partial charge is 0.575 e. The number of anilines is 1. The van der Waals surface area contributed by atoms with Crippen LogP contribution in [0.1, 0.15) is 25.6 Å². The molecule has 5 aromatic rings. The molecule has 2 unspecified atom stereocenters. The van der Waals surface area contributed by atoms with Gasteiger partial charge in [-0.2, -0.15) is 9.97 Å². The summed E-state index contributed by atoms with van der Waals surface area (Å²) in [6.45, 7) is 2.41. The van der Waals surface area contributed by atoms with Gasteiger partial charge >= 0.3 is 14.1 Å². The summed E-state index contributed by atoms with van der Waals surface area (Å²) in [5.41, 5.74) is 5.00. The van der Waals surface area contributed by atoms with Gasteiger partial charge in [-0.15, -0.1) is 0 Å². The number of hydrogen-bond donors (Lipinski definition) is 2. The quantitative estimate of drug-likeness (QED) is 0.151. The molecule has 0 aliphatic carbocycles. The topological polar surface area (TPSA) is 188 Å². The van der Waals surface area contributed by atoms with Crippen molar-refractivity contribution in [2.24, 2.45) is 4.74 Å². The fraction of sp³-hybridized carbons (Fsp3) is 0.312. The molecule has 16 heteroatoms. The zero-order chi connectivity index (χ0) is 34.0. The molecule has 14 nitrogen and oxygen atoms in total. The minimum Gasteiger partial charge on any atom is -0.575 e. The monoisotopic (exact) mass is 678 g/mol. The number of nitrogens with zero attached hydrogens (tertiary/aromatic N) is 5. The SMILES string of the molecule is COc1nc(N)nc2c1ncn2C1O[C@H](COc2ccc3ccccc3c2O[P+]([O-])=N[C@@H](C)C(=O)OCc2ccccc2)[C@@H](F)[C@@]1(C)O. The predicted octanol–water partition coefficient (Wildman–Crippen LogP) is 4.00. The highest BCUT2D eigenvalue weighted by atomic mass is 31.1. The molecule has 1 fully saturated rings. The van der Waals surface area contributed by atoms with Crippen molar-refractivity contribution in [3.05, 3.63) is 78.6 Å². The van der Waals surface area contributed by atoms with E-state index in [0.29, 0.717) is 5.39 Å². The van der Waals surface area contributed by atoms with Crippen LogP contribution in [0.3, 0.4) is 0 Å². The van der Waals surface area contributed by atoms with Crippen LogP contribution in [-0.2, 0) is 20.9 Å². The van der Waals surface area contributed by atoms with Crippen molar-refractivity contribution in [1.82, 2.24) is 19.5 Å². The van der Waals surface area contributed by atoms with Gasteiger partial charge in [-0.05, 0) is 30.9 Å². The molecule has 2 aromatic heterocycles. The molecule has 3 aromatic carbocycles. The first-order valence-corrected chi connectivity index (χ1v) is 16.0. The maximum atomic E-state index is 15.8. The molecule has 0 saturated carbocycles. The Morgan fingerprint density at radius 3 is 2.71 bits per heavy atom. The van der Waals surface area contributed by atoms with E-state index in [2.05, 4.69) is 19.7 Å². The molecular formula is C32H32FN6O8P. The lowest BCUT2D eigenvalue weighted by Crippen LogP contribution is -2.42. The highest BCUT2D eigenvalue weighted by Crippen LogP contribution is 2.44. The molecule has 3 N–H and O–H groups in total. The number of methoxy groups -OCH3 is 1. The molecule has 1 aliphatic heterocycles. The van der Waals surface area contributed by atoms with Crippen molar-refractivity contribution < 1.29 is 42.7 Å². The molecule has 6 atom stereocenters. The molecule has 0 spiro atoms. The molecule has 0 amide bonds. The summed E-state index contributed by atoms with van der Waals surface area (Å²) in [6, 6.07) is 18.5. The number of fused-ring (bicyclic) bond motifs is 2. The van der Waals surface area contributed by atoms with Crippen molar-refractivity contribution in [2.75, 3.05) is 19.5 Å². The molecule has 1 saturated heterocycles. The maximum absolute atomic E-state index is 15.8. The first kappa shape index (κ1) is 33.0. The zero-order valence-electron chi connectivity index (χ0n) is 26.1. The Kier molecular flexibility index (Phi) is 9.38. The lowest BCUT2D eigenvalue weighted by atomic mass is 9.98. The number of aromatic nitrogens is 4. The number of alkyl halides is 1. The zero-order valence-corrected chi connectivity index (χ0v) is 27.0. The van der Waals surface area contributed by atoms with Crippen molar-refractivity contribution in [1.29, 1.82) is 0 Å². The summed E-state index contributed by atoms with van der Waals surface area (Å²) in [5, 5.41) is 12.5. The van der Waals surface area contributed by atoms with Crippen LogP contribution >= 0.6 is 8.17 Å². The number of nitrogen functional groups attached to an aromatic ring is 1. The summed E-state index contributed by atoms with van der Waals surface area (Å²) in [7, 11) is -1.39. The van der Waals surface area contributed by atoms with Crippen LogP contribution in [0.2, 0.25) is 0 Å². The van der Waals surface area contributed by atoms with Crippen molar-refractivity contribution >= 4 is 42.0 Å². The Labute approximate surface area is 274 Å². The van der Waals surface area contributed by atoms with Crippen molar-refractivity contribution in [2.45, 2.75) is 50.6 Å². The van der Waals surface area contributed by atoms with Crippen LogP contribution in [-0.4, -0.2) is 68.2 Å². The van der Waals surface area contributed by atoms with Gasteiger partial charge in [0, 0.05) is 5.39 Å². The third-order valence-corrected chi connectivity index (χ3v) is 8.66. The number of imidazole rings is 1. The molecule has 250 valence electrons. The normalized spacial score (nSPS) is 21.7. The van der Waals surface area contributed by atoms with Crippen LogP contribution in [0.4, 0.5) is 10.3 Å². The van der Waals surface area contributed by atoms with Gasteiger partial charge < -0.3 is 34.7 Å². The summed E-state index contributed by atoms with van der Waals surface area (Å²) < 4.78 is 49.4. The maximum Gasteiger partial charge on any atom is 0.395 e. The van der Waals surface area contributed by atoms with Gasteiger partial charge in [0.15, 0.2) is 35.4 Å². The molecule has 6 rings (SSSR count). The number of rotatable bonds is 11. The number of benzene rings is 3. The Balaban J connectivity index is 1.20. The predicted molar refractivity (Wildman–Crippen MR) is 171 cm³/mol. The summed E-state index contributed by atoms with van der Waals surface area (Å²) in [6.07, 6.45) is -3.13. The van der Waals surface area contributed by atoms with Gasteiger partial charge in [0.2, 0.25) is 17.6 Å². The van der Waals surface area contributed by atoms with Gasteiger partial charge in [0.25, 0.3) is 0 Å². The van der Waals surface area contributed by atoms with E-state index < -0.39 is 44.3 Å². The van der Waals surface area contributed by atoms with Crippen LogP contribution in [0.5, 0.6) is 17.4 Å². The van der Waals surface area contributed by atoms with Gasteiger partial charge in [0.05, 0.1) is 13.4 Å². The smallest absolute Gasteiger partial charge is 0.395 e. The highest BCUT2D eigenvalue weighted by molar-refractivity contribution is 7.34. The molecule has 48 heavy (non-hydrogen) atoms. The van der Waals surface area contributed by atoms with Gasteiger partial charge in [-0.3, -0.25) is 9.09 Å². The first-order chi connectivity index (χ1) is 23.1. The Morgan fingerprint density at radius 2 is 1.94 bits per heavy atom. The lowest BCUT2D eigenvalue weighted by molar-refractivity contribution is -0.169. The van der Waals surface area contributed by atoms with Crippen molar-refractivity contribution in [3.63, 3.8) is 0 Å². The van der Waals surface area contributed by atoms with E-state index in [4.69, 9.17) is 29.2 Å². The average molecular weight is 679 g/mol. The number of ether oxygens (including phenoxy) is 4. The summed E-state index contributed by atoms with van der Waals surface area (Å²) in [5.74, 6) is -0.489. The Hall–Kier alpha value is -4.95. The molecule has 3 heterocycles. The molecule has 1 aliphatic rings. The standard InChI is InChI=1S/C32H32FN6O8P/c1-18(29(40)45-15-19-9-5-4-6-10-19)38-48(42)47-25-21-12-8-7-11-20(21)13-14-22(25)44-16-23-26(33)32(2,41)30(46-23)39-17-35-24-27(39)36-31(34)37-28(24)43-3/h4-14,17-18,23,26,30,41H,15-16H2,1-3H3,(H2,34,36,37)/t18-,23+,26+,30?,32+/m0/s1. The van der Waals surface area contributed by atoms with Crippen LogP contribution in [0.25, 0.3) is 21.9 Å². The number of carbonyl (C=O) groups excluding carboxylic acids is 1. The number of nitrogens with two attached hydrogens (primary N) is 1. The van der Waals surface area contributed by atoms with Gasteiger partial charge in [-0.1, -0.05) is 65.4 Å². The van der Waals surface area contributed by atoms with E-state index in [1.54, 1.807) is 24.3 Å². The average Bonchev–Trinajstić information content (AvgIpc) is 3.59. The number of esters is 1. The third kappa shape index (κ3) is 6.58. The van der Waals surface area contributed by atoms with Crippen LogP contribution < -0.4 is 24.6 Å². The number of aliphatic hydroxyl groups is 1. The number of halogens is 1. The first-order valence-electron chi connectivity index (χ1n) is 14.8. The van der Waals surface area contributed by atoms with E-state index in [1.807, 2.05) is 42.5 Å². The van der Waals surface area contributed by atoms with Gasteiger partial charge in [-0.25, -0.2) is 14.2 Å². The van der Waals surface area contributed by atoms with Crippen LogP contribution in [0, 0.1) is 0 Å². The van der Waals surface area contributed by atoms with E-state index in [1.165, 1.54) is 31.9 Å². The third-order valence-electron chi connectivity index (χ3n) is 7.79. The fourth-order valence-electron chi connectivity index (χ4n) is 5.32. The van der Waals surface area contributed by atoms with E-state index >= 15 is 4.39 Å². The Morgan fingerprint density at radius 1 is 1.19 bits per heavy atom. The number of hydrogen-bond acceptors (Lipinski definition) is 13. The highest BCUT2D eigenvalue weighted by Gasteiger charge is 2.55. The minimum absolute atomic E-state index is 0.0398. The summed E-state index contributed by atoms with van der Waals surface area (Å²) in [4.78, 5) is 38.0. The molecular weight excluding hydrogens is 646 g/mol. The van der Waals surface area contributed by atoms with Gasteiger partial charge in [0.1, 0.15) is 24.9 Å². The minimum atomic E-state index is -2.78. The second-order valence-corrected chi connectivity index (χ2v) is 12.1. The lowest BCUT2D eigenvalue weighted by Gasteiger charge is -2.26. The van der Waals surface area contributed by atoms with E-state index in [0.717, 1.165) is 10.9 Å². The second kappa shape index (κ2) is 13.6.